The molecule has 0 N–H and O–H groups in total. The number of carbonyl (C=O) groups excluding carboxylic acids is 1. The molecule has 1 aliphatic rings. The number of carbonyl (C=O) groups is 1. The summed E-state index contributed by atoms with van der Waals surface area (Å²) in [4.78, 5) is 13.7. The number of amides is 1. The van der Waals surface area contributed by atoms with E-state index in [1.54, 1.807) is 11.0 Å². The van der Waals surface area contributed by atoms with Crippen molar-refractivity contribution in [2.24, 2.45) is 0 Å². The van der Waals surface area contributed by atoms with Gasteiger partial charge in [-0.05, 0) is 32.0 Å². The molecule has 18 heavy (non-hydrogen) atoms. The first kappa shape index (κ1) is 13.7. The van der Waals surface area contributed by atoms with Crippen LogP contribution in [-0.4, -0.2) is 23.4 Å². The van der Waals surface area contributed by atoms with Gasteiger partial charge in [0.2, 0.25) is 5.91 Å². The Labute approximate surface area is 120 Å². The zero-order valence-electron chi connectivity index (χ0n) is 10.3. The number of benzene rings is 1. The number of anilines is 1. The second-order valence-electron chi connectivity index (χ2n) is 4.59. The molecule has 0 aliphatic carbocycles. The molecule has 0 bridgehead atoms. The van der Waals surface area contributed by atoms with Crippen molar-refractivity contribution in [1.82, 2.24) is 0 Å². The first-order valence-electron chi connectivity index (χ1n) is 5.88. The number of hydrogen-bond donors (Lipinski definition) is 0. The van der Waals surface area contributed by atoms with Crippen LogP contribution in [0.5, 0.6) is 5.75 Å². The van der Waals surface area contributed by atoms with Crippen LogP contribution in [0.15, 0.2) is 18.2 Å². The van der Waals surface area contributed by atoms with Gasteiger partial charge in [0.1, 0.15) is 5.75 Å². The summed E-state index contributed by atoms with van der Waals surface area (Å²) in [5, 5.41) is 0.534. The van der Waals surface area contributed by atoms with Crippen LogP contribution < -0.4 is 9.64 Å². The highest BCUT2D eigenvalue weighted by molar-refractivity contribution is 9.09. The van der Waals surface area contributed by atoms with E-state index in [0.29, 0.717) is 23.7 Å². The van der Waals surface area contributed by atoms with E-state index in [1.807, 2.05) is 26.0 Å². The van der Waals surface area contributed by atoms with Gasteiger partial charge in [0, 0.05) is 23.5 Å². The van der Waals surface area contributed by atoms with Crippen molar-refractivity contribution in [1.29, 1.82) is 0 Å². The Bertz CT molecular complexity index is 464. The Morgan fingerprint density at radius 2 is 2.22 bits per heavy atom. The highest BCUT2D eigenvalue weighted by atomic mass is 79.9. The van der Waals surface area contributed by atoms with Crippen LogP contribution in [0.4, 0.5) is 5.69 Å². The monoisotopic (exact) mass is 331 g/mol. The third-order valence-corrected chi connectivity index (χ3v) is 3.58. The maximum Gasteiger partial charge on any atom is 0.228 e. The fourth-order valence-corrected chi connectivity index (χ4v) is 2.71. The molecule has 1 aliphatic heterocycles. The lowest BCUT2D eigenvalue weighted by atomic mass is 10.2. The number of ether oxygens (including phenoxy) is 1. The van der Waals surface area contributed by atoms with Gasteiger partial charge in [-0.3, -0.25) is 4.79 Å². The zero-order chi connectivity index (χ0) is 13.3. The standard InChI is InChI=1S/C13H15BrClNO2/c1-8(2)18-12-4-3-10(6-11(12)15)16-7-9(14)5-13(16)17/h3-4,6,8-9H,5,7H2,1-2H3. The van der Waals surface area contributed by atoms with Crippen molar-refractivity contribution in [2.75, 3.05) is 11.4 Å². The van der Waals surface area contributed by atoms with E-state index in [0.717, 1.165) is 5.69 Å². The Balaban J connectivity index is 2.21. The zero-order valence-corrected chi connectivity index (χ0v) is 12.7. The second-order valence-corrected chi connectivity index (χ2v) is 6.29. The molecule has 1 atom stereocenters. The first-order valence-corrected chi connectivity index (χ1v) is 7.17. The molecule has 0 radical (unpaired) electrons. The van der Waals surface area contributed by atoms with E-state index in [4.69, 9.17) is 16.3 Å². The van der Waals surface area contributed by atoms with E-state index >= 15 is 0 Å². The summed E-state index contributed by atoms with van der Waals surface area (Å²) in [5.41, 5.74) is 0.822. The number of nitrogens with zero attached hydrogens (tertiary/aromatic N) is 1. The number of hydrogen-bond acceptors (Lipinski definition) is 2. The maximum absolute atomic E-state index is 11.8. The molecule has 3 nitrogen and oxygen atoms in total. The largest absolute Gasteiger partial charge is 0.489 e. The van der Waals surface area contributed by atoms with Gasteiger partial charge in [0.25, 0.3) is 0 Å². The van der Waals surface area contributed by atoms with Crippen molar-refractivity contribution >= 4 is 39.1 Å². The average Bonchev–Trinajstić information content (AvgIpc) is 2.60. The summed E-state index contributed by atoms with van der Waals surface area (Å²) in [5.74, 6) is 0.767. The minimum atomic E-state index is 0.0775. The predicted molar refractivity (Wildman–Crippen MR) is 76.9 cm³/mol. The van der Waals surface area contributed by atoms with Gasteiger partial charge in [-0.25, -0.2) is 0 Å². The second kappa shape index (κ2) is 5.49. The van der Waals surface area contributed by atoms with Crippen LogP contribution in [-0.2, 0) is 4.79 Å². The molecule has 0 aromatic heterocycles. The quantitative estimate of drug-likeness (QED) is 0.791. The molecule has 98 valence electrons. The lowest BCUT2D eigenvalue weighted by molar-refractivity contribution is -0.117. The van der Waals surface area contributed by atoms with Gasteiger partial charge in [0.15, 0.2) is 0 Å². The summed E-state index contributed by atoms with van der Waals surface area (Å²) in [7, 11) is 0. The molecule has 1 heterocycles. The fraction of sp³-hybridized carbons (Fsp3) is 0.462. The molecule has 0 spiro atoms. The van der Waals surface area contributed by atoms with E-state index in [1.165, 1.54) is 0 Å². The molecule has 1 aromatic rings. The van der Waals surface area contributed by atoms with E-state index in [9.17, 15) is 4.79 Å². The molecular weight excluding hydrogens is 318 g/mol. The van der Waals surface area contributed by atoms with Gasteiger partial charge in [-0.1, -0.05) is 27.5 Å². The first-order chi connectivity index (χ1) is 8.47. The highest BCUT2D eigenvalue weighted by Gasteiger charge is 2.29. The van der Waals surface area contributed by atoms with Crippen LogP contribution in [0.25, 0.3) is 0 Å². The molecule has 1 unspecified atom stereocenters. The van der Waals surface area contributed by atoms with Crippen molar-refractivity contribution in [2.45, 2.75) is 31.2 Å². The van der Waals surface area contributed by atoms with Crippen molar-refractivity contribution < 1.29 is 9.53 Å². The molecule has 1 fully saturated rings. The Morgan fingerprint density at radius 3 is 2.72 bits per heavy atom. The summed E-state index contributed by atoms with van der Waals surface area (Å²) < 4.78 is 5.57. The lowest BCUT2D eigenvalue weighted by Crippen LogP contribution is -2.24. The highest BCUT2D eigenvalue weighted by Crippen LogP contribution is 2.32. The Hall–Kier alpha value is -0.740. The molecule has 0 saturated carbocycles. The summed E-state index contributed by atoms with van der Waals surface area (Å²) in [6, 6.07) is 5.46. The van der Waals surface area contributed by atoms with Crippen LogP contribution in [0.3, 0.4) is 0 Å². The lowest BCUT2D eigenvalue weighted by Gasteiger charge is -2.18. The van der Waals surface area contributed by atoms with Crippen molar-refractivity contribution in [3.8, 4) is 5.75 Å². The minimum Gasteiger partial charge on any atom is -0.489 e. The van der Waals surface area contributed by atoms with Gasteiger partial charge < -0.3 is 9.64 Å². The molecule has 1 aromatic carbocycles. The number of alkyl halides is 1. The van der Waals surface area contributed by atoms with E-state index in [-0.39, 0.29) is 16.8 Å². The number of rotatable bonds is 3. The van der Waals surface area contributed by atoms with Gasteiger partial charge in [-0.15, -0.1) is 0 Å². The maximum atomic E-state index is 11.8. The van der Waals surface area contributed by atoms with E-state index < -0.39 is 0 Å². The Morgan fingerprint density at radius 1 is 1.50 bits per heavy atom. The van der Waals surface area contributed by atoms with E-state index in [2.05, 4.69) is 15.9 Å². The summed E-state index contributed by atoms with van der Waals surface area (Å²) >= 11 is 9.62. The third-order valence-electron chi connectivity index (χ3n) is 2.67. The minimum absolute atomic E-state index is 0.0775. The summed E-state index contributed by atoms with van der Waals surface area (Å²) in [6.45, 7) is 4.58. The Kier molecular flexibility index (Phi) is 4.17. The van der Waals surface area contributed by atoms with Gasteiger partial charge >= 0.3 is 0 Å². The average molecular weight is 333 g/mol. The van der Waals surface area contributed by atoms with Crippen LogP contribution >= 0.6 is 27.5 Å². The van der Waals surface area contributed by atoms with Crippen LogP contribution in [0.2, 0.25) is 5.02 Å². The summed E-state index contributed by atoms with van der Waals surface area (Å²) in [6.07, 6.45) is 0.607. The van der Waals surface area contributed by atoms with Crippen molar-refractivity contribution in [3.63, 3.8) is 0 Å². The predicted octanol–water partition coefficient (Wildman–Crippen LogP) is 3.63. The van der Waals surface area contributed by atoms with Crippen LogP contribution in [0, 0.1) is 0 Å². The molecule has 1 amide bonds. The fourth-order valence-electron chi connectivity index (χ4n) is 1.92. The smallest absolute Gasteiger partial charge is 0.228 e. The van der Waals surface area contributed by atoms with Crippen LogP contribution in [0.1, 0.15) is 20.3 Å². The van der Waals surface area contributed by atoms with Gasteiger partial charge in [0.05, 0.1) is 11.1 Å². The molecular formula is C13H15BrClNO2. The van der Waals surface area contributed by atoms with Crippen molar-refractivity contribution in [3.05, 3.63) is 23.2 Å². The topological polar surface area (TPSA) is 29.5 Å². The molecule has 1 saturated heterocycles. The SMILES string of the molecule is CC(C)Oc1ccc(N2CC(Br)CC2=O)cc1Cl. The third kappa shape index (κ3) is 2.98. The molecule has 5 heteroatoms. The van der Waals surface area contributed by atoms with Gasteiger partial charge in [-0.2, -0.15) is 0 Å². The normalized spacial score (nSPS) is 19.7. The number of halogens is 2. The molecule has 2 rings (SSSR count).